The van der Waals surface area contributed by atoms with E-state index in [-0.39, 0.29) is 0 Å². The lowest BCUT2D eigenvalue weighted by molar-refractivity contribution is 0.243. The van der Waals surface area contributed by atoms with Crippen molar-refractivity contribution >= 4 is 11.8 Å². The summed E-state index contributed by atoms with van der Waals surface area (Å²) in [7, 11) is 0. The molecule has 0 saturated heterocycles. The van der Waals surface area contributed by atoms with Crippen LogP contribution in [0.25, 0.3) is 0 Å². The summed E-state index contributed by atoms with van der Waals surface area (Å²) in [6, 6.07) is 18.3. The molecule has 0 bridgehead atoms. The Hall–Kier alpha value is -2.75. The molecule has 2 aromatic carbocycles. The van der Waals surface area contributed by atoms with Gasteiger partial charge in [0.05, 0.1) is 5.56 Å². The van der Waals surface area contributed by atoms with Gasteiger partial charge in [-0.2, -0.15) is 5.26 Å². The Balaban J connectivity index is 1.48. The maximum Gasteiger partial charge on any atom is 0.159 e. The van der Waals surface area contributed by atoms with Crippen LogP contribution in [0.2, 0.25) is 0 Å². The number of halogens is 2. The molecule has 0 fully saturated rings. The number of rotatable bonds is 5. The maximum absolute atomic E-state index is 13.4. The number of hydrogen-bond acceptors (Lipinski definition) is 4. The van der Waals surface area contributed by atoms with Crippen LogP contribution >= 0.6 is 11.8 Å². The van der Waals surface area contributed by atoms with Gasteiger partial charge < -0.3 is 0 Å². The zero-order chi connectivity index (χ0) is 20.2. The number of benzene rings is 2. The third-order valence-corrected chi connectivity index (χ3v) is 6.01. The Morgan fingerprint density at radius 1 is 1.03 bits per heavy atom. The second-order valence-corrected chi connectivity index (χ2v) is 8.01. The van der Waals surface area contributed by atoms with E-state index in [0.717, 1.165) is 43.4 Å². The van der Waals surface area contributed by atoms with Crippen LogP contribution in [0.1, 0.15) is 27.9 Å². The number of hydrogen-bond donors (Lipinski definition) is 0. The summed E-state index contributed by atoms with van der Waals surface area (Å²) in [5.74, 6) is -1.29. The van der Waals surface area contributed by atoms with E-state index in [0.29, 0.717) is 21.9 Å². The highest BCUT2D eigenvalue weighted by Crippen LogP contribution is 2.29. The zero-order valence-corrected chi connectivity index (χ0v) is 16.6. The highest BCUT2D eigenvalue weighted by molar-refractivity contribution is 7.98. The molecule has 3 nitrogen and oxygen atoms in total. The van der Waals surface area contributed by atoms with Gasteiger partial charge in [-0.15, -0.1) is 11.8 Å². The molecule has 0 spiro atoms. The van der Waals surface area contributed by atoms with Gasteiger partial charge in [0, 0.05) is 37.5 Å². The maximum atomic E-state index is 13.4. The molecule has 29 heavy (non-hydrogen) atoms. The Bertz CT molecular complexity index is 1060. The highest BCUT2D eigenvalue weighted by Gasteiger charge is 2.20. The van der Waals surface area contributed by atoms with Crippen LogP contribution in [0.4, 0.5) is 8.78 Å². The molecule has 3 aromatic rings. The lowest BCUT2D eigenvalue weighted by Gasteiger charge is -2.28. The summed E-state index contributed by atoms with van der Waals surface area (Å²) >= 11 is 1.38. The predicted octanol–water partition coefficient (Wildman–Crippen LogP) is 5.08. The molecule has 0 atom stereocenters. The number of pyridine rings is 1. The minimum atomic E-state index is -0.861. The monoisotopic (exact) mass is 407 g/mol. The Labute approximate surface area is 173 Å². The van der Waals surface area contributed by atoms with E-state index >= 15 is 0 Å². The molecule has 0 radical (unpaired) electrons. The van der Waals surface area contributed by atoms with Crippen molar-refractivity contribution in [3.8, 4) is 6.07 Å². The Morgan fingerprint density at radius 2 is 1.86 bits per heavy atom. The Kier molecular flexibility index (Phi) is 5.89. The first kappa shape index (κ1) is 19.6. The van der Waals surface area contributed by atoms with Crippen LogP contribution in [0, 0.1) is 23.0 Å². The minimum absolute atomic E-state index is 0.428. The summed E-state index contributed by atoms with van der Waals surface area (Å²) in [6.45, 7) is 2.54. The van der Waals surface area contributed by atoms with Gasteiger partial charge in [-0.3, -0.25) is 4.90 Å². The van der Waals surface area contributed by atoms with Crippen molar-refractivity contribution in [1.29, 1.82) is 5.26 Å². The van der Waals surface area contributed by atoms with Crippen LogP contribution < -0.4 is 0 Å². The van der Waals surface area contributed by atoms with E-state index in [1.54, 1.807) is 6.07 Å². The first-order chi connectivity index (χ1) is 14.1. The van der Waals surface area contributed by atoms with Crippen LogP contribution in [0.3, 0.4) is 0 Å². The average molecular weight is 407 g/mol. The SMILES string of the molecule is N#Cc1cc2c(nc1SCc1ccc(F)c(F)c1)CCN(Cc1ccccc1)C2. The van der Waals surface area contributed by atoms with Crippen molar-refractivity contribution in [3.05, 3.63) is 94.2 Å². The molecule has 1 aliphatic rings. The third kappa shape index (κ3) is 4.64. The summed E-state index contributed by atoms with van der Waals surface area (Å²) < 4.78 is 26.5. The molecule has 0 saturated carbocycles. The summed E-state index contributed by atoms with van der Waals surface area (Å²) in [5, 5.41) is 10.2. The van der Waals surface area contributed by atoms with Gasteiger partial charge in [-0.1, -0.05) is 36.4 Å². The van der Waals surface area contributed by atoms with Crippen molar-refractivity contribution in [2.45, 2.75) is 30.3 Å². The minimum Gasteiger partial charge on any atom is -0.294 e. The van der Waals surface area contributed by atoms with Gasteiger partial charge >= 0.3 is 0 Å². The first-order valence-corrected chi connectivity index (χ1v) is 10.4. The average Bonchev–Trinajstić information content (AvgIpc) is 2.74. The normalized spacial score (nSPS) is 13.7. The van der Waals surface area contributed by atoms with Crippen molar-refractivity contribution in [1.82, 2.24) is 9.88 Å². The van der Waals surface area contributed by atoms with Crippen LogP contribution in [0.5, 0.6) is 0 Å². The Morgan fingerprint density at radius 3 is 2.62 bits per heavy atom. The summed E-state index contributed by atoms with van der Waals surface area (Å²) in [4.78, 5) is 7.08. The van der Waals surface area contributed by atoms with Gasteiger partial charge in [0.25, 0.3) is 0 Å². The largest absolute Gasteiger partial charge is 0.294 e. The molecule has 2 heterocycles. The second kappa shape index (κ2) is 8.73. The standard InChI is InChI=1S/C23H19F2N3S/c24-20-7-6-17(10-21(20)25)15-29-23-18(12-26)11-19-14-28(9-8-22(19)27-23)13-16-4-2-1-3-5-16/h1-7,10-11H,8-9,13-15H2. The van der Waals surface area contributed by atoms with Gasteiger partial charge in [-0.25, -0.2) is 13.8 Å². The topological polar surface area (TPSA) is 39.9 Å². The number of fused-ring (bicyclic) bond motifs is 1. The van der Waals surface area contributed by atoms with Crippen LogP contribution in [-0.4, -0.2) is 16.4 Å². The third-order valence-electron chi connectivity index (χ3n) is 4.94. The van der Waals surface area contributed by atoms with Crippen molar-refractivity contribution in [2.24, 2.45) is 0 Å². The lowest BCUT2D eigenvalue weighted by Crippen LogP contribution is -2.30. The summed E-state index contributed by atoms with van der Waals surface area (Å²) in [6.07, 6.45) is 0.826. The molecule has 0 amide bonds. The fourth-order valence-corrected chi connectivity index (χ4v) is 4.38. The fraction of sp³-hybridized carbons (Fsp3) is 0.217. The van der Waals surface area contributed by atoms with Crippen molar-refractivity contribution < 1.29 is 8.78 Å². The van der Waals surface area contributed by atoms with Crippen LogP contribution in [0.15, 0.2) is 59.6 Å². The van der Waals surface area contributed by atoms with Gasteiger partial charge in [-0.05, 0) is 34.9 Å². The van der Waals surface area contributed by atoms with E-state index in [9.17, 15) is 14.0 Å². The molecular weight excluding hydrogens is 388 g/mol. The fourth-order valence-electron chi connectivity index (χ4n) is 3.46. The first-order valence-electron chi connectivity index (χ1n) is 9.38. The predicted molar refractivity (Wildman–Crippen MR) is 109 cm³/mol. The highest BCUT2D eigenvalue weighted by atomic mass is 32.2. The number of nitriles is 1. The van der Waals surface area contributed by atoms with E-state index < -0.39 is 11.6 Å². The molecule has 0 aliphatic carbocycles. The molecular formula is C23H19F2N3S. The van der Waals surface area contributed by atoms with Crippen molar-refractivity contribution in [2.75, 3.05) is 6.54 Å². The van der Waals surface area contributed by atoms with E-state index in [4.69, 9.17) is 4.98 Å². The second-order valence-electron chi connectivity index (χ2n) is 7.04. The van der Waals surface area contributed by atoms with Gasteiger partial charge in [0.1, 0.15) is 11.1 Å². The van der Waals surface area contributed by atoms with Gasteiger partial charge in [0.2, 0.25) is 0 Å². The molecule has 0 N–H and O–H groups in total. The molecule has 146 valence electrons. The van der Waals surface area contributed by atoms with E-state index in [2.05, 4.69) is 23.1 Å². The lowest BCUT2D eigenvalue weighted by atomic mass is 10.0. The number of aromatic nitrogens is 1. The smallest absolute Gasteiger partial charge is 0.159 e. The van der Waals surface area contributed by atoms with Gasteiger partial charge in [0.15, 0.2) is 11.6 Å². The molecule has 1 aromatic heterocycles. The molecule has 6 heteroatoms. The number of thioether (sulfide) groups is 1. The zero-order valence-electron chi connectivity index (χ0n) is 15.7. The molecule has 4 rings (SSSR count). The van der Waals surface area contributed by atoms with E-state index in [1.807, 2.05) is 24.3 Å². The quantitative estimate of drug-likeness (QED) is 0.553. The van der Waals surface area contributed by atoms with Crippen molar-refractivity contribution in [3.63, 3.8) is 0 Å². The van der Waals surface area contributed by atoms with E-state index in [1.165, 1.54) is 23.4 Å². The number of nitrogens with zero attached hydrogens (tertiary/aromatic N) is 3. The molecule has 1 aliphatic heterocycles. The molecule has 0 unspecified atom stereocenters. The summed E-state index contributed by atoms with van der Waals surface area (Å²) in [5.41, 5.74) is 4.55. The van der Waals surface area contributed by atoms with Crippen LogP contribution in [-0.2, 0) is 25.3 Å².